The lowest BCUT2D eigenvalue weighted by Crippen LogP contribution is -2.52. The van der Waals surface area contributed by atoms with E-state index in [2.05, 4.69) is 15.9 Å². The number of carbonyl (C=O) groups excluding carboxylic acids is 2. The van der Waals surface area contributed by atoms with E-state index in [-0.39, 0.29) is 6.61 Å². The second-order valence-electron chi connectivity index (χ2n) is 6.58. The molecule has 4 rings (SSSR count). The fourth-order valence-corrected chi connectivity index (χ4v) is 4.83. The minimum Gasteiger partial charge on any atom is -0.453 e. The summed E-state index contributed by atoms with van der Waals surface area (Å²) in [5, 5.41) is 0. The van der Waals surface area contributed by atoms with Gasteiger partial charge in [0, 0.05) is 6.54 Å². The molecule has 140 valence electrons. The third-order valence-electron chi connectivity index (χ3n) is 5.09. The summed E-state index contributed by atoms with van der Waals surface area (Å²) < 4.78 is 9.96. The third-order valence-corrected chi connectivity index (χ3v) is 6.32. The van der Waals surface area contributed by atoms with Gasteiger partial charge in [-0.15, -0.1) is 0 Å². The standard InChI is InChI=1S/C20H19BrN2O4/c1-26-18(24)22-12-11-20(21)15-9-5-6-10-16(15)23(17(20)22)19(25)27-13-14-7-3-2-4-8-14/h2-10,17H,11-13H2,1H3/t17?,20-/m0/s1. The smallest absolute Gasteiger partial charge is 0.416 e. The van der Waals surface area contributed by atoms with Crippen molar-refractivity contribution >= 4 is 33.8 Å². The lowest BCUT2D eigenvalue weighted by molar-refractivity contribution is 0.109. The van der Waals surface area contributed by atoms with Crippen LogP contribution in [-0.2, 0) is 20.4 Å². The number of hydrogen-bond donors (Lipinski definition) is 0. The summed E-state index contributed by atoms with van der Waals surface area (Å²) in [6, 6.07) is 17.1. The van der Waals surface area contributed by atoms with Crippen LogP contribution >= 0.6 is 15.9 Å². The molecule has 2 atom stereocenters. The Balaban J connectivity index is 1.66. The van der Waals surface area contributed by atoms with E-state index in [0.29, 0.717) is 13.0 Å². The Hall–Kier alpha value is -2.54. The fraction of sp³-hybridized carbons (Fsp3) is 0.300. The zero-order valence-electron chi connectivity index (χ0n) is 14.8. The number of anilines is 1. The van der Waals surface area contributed by atoms with E-state index in [1.807, 2.05) is 54.6 Å². The molecule has 0 N–H and O–H groups in total. The zero-order chi connectivity index (χ0) is 19.0. The van der Waals surface area contributed by atoms with Gasteiger partial charge in [0.05, 0.1) is 17.1 Å². The minimum atomic E-state index is -0.538. The molecule has 2 heterocycles. The summed E-state index contributed by atoms with van der Waals surface area (Å²) in [7, 11) is 1.34. The van der Waals surface area contributed by atoms with Gasteiger partial charge in [0.1, 0.15) is 12.8 Å². The first-order valence-corrected chi connectivity index (χ1v) is 9.48. The number of ether oxygens (including phenoxy) is 2. The van der Waals surface area contributed by atoms with Crippen LogP contribution in [0.25, 0.3) is 0 Å². The van der Waals surface area contributed by atoms with E-state index < -0.39 is 22.7 Å². The maximum absolute atomic E-state index is 13.0. The third kappa shape index (κ3) is 2.86. The van der Waals surface area contributed by atoms with Crippen molar-refractivity contribution in [3.8, 4) is 0 Å². The van der Waals surface area contributed by atoms with E-state index in [9.17, 15) is 9.59 Å². The number of methoxy groups -OCH3 is 1. The lowest BCUT2D eigenvalue weighted by Gasteiger charge is -2.33. The van der Waals surface area contributed by atoms with Gasteiger partial charge in [0.15, 0.2) is 0 Å². The first-order chi connectivity index (χ1) is 13.1. The molecule has 1 saturated heterocycles. The average molecular weight is 431 g/mol. The van der Waals surface area contributed by atoms with E-state index in [0.717, 1.165) is 16.8 Å². The number of hydrogen-bond acceptors (Lipinski definition) is 4. The van der Waals surface area contributed by atoms with E-state index >= 15 is 0 Å². The largest absolute Gasteiger partial charge is 0.453 e. The van der Waals surface area contributed by atoms with Gasteiger partial charge in [-0.1, -0.05) is 64.5 Å². The molecule has 6 nitrogen and oxygen atoms in total. The van der Waals surface area contributed by atoms with Crippen molar-refractivity contribution in [2.24, 2.45) is 0 Å². The van der Waals surface area contributed by atoms with Crippen molar-refractivity contribution in [2.45, 2.75) is 23.5 Å². The van der Waals surface area contributed by atoms with Crippen molar-refractivity contribution in [3.05, 3.63) is 65.7 Å². The highest BCUT2D eigenvalue weighted by Gasteiger charge is 2.59. The molecule has 2 aliphatic heterocycles. The molecule has 0 radical (unpaired) electrons. The number of amides is 2. The van der Waals surface area contributed by atoms with Gasteiger partial charge in [0.25, 0.3) is 0 Å². The van der Waals surface area contributed by atoms with Crippen LogP contribution in [0.3, 0.4) is 0 Å². The summed E-state index contributed by atoms with van der Waals surface area (Å²) in [4.78, 5) is 28.4. The average Bonchev–Trinajstić information content (AvgIpc) is 3.17. The molecule has 0 aromatic heterocycles. The second kappa shape index (κ2) is 6.88. The van der Waals surface area contributed by atoms with Crippen LogP contribution in [0, 0.1) is 0 Å². The predicted octanol–water partition coefficient (Wildman–Crippen LogP) is 4.23. The van der Waals surface area contributed by atoms with Crippen LogP contribution in [0.2, 0.25) is 0 Å². The van der Waals surface area contributed by atoms with E-state index in [1.165, 1.54) is 7.11 Å². The molecule has 0 bridgehead atoms. The summed E-state index contributed by atoms with van der Waals surface area (Å²) in [5.41, 5.74) is 2.61. The molecule has 1 fully saturated rings. The Labute approximate surface area is 165 Å². The van der Waals surface area contributed by atoms with Crippen LogP contribution in [0.15, 0.2) is 54.6 Å². The van der Waals surface area contributed by atoms with Gasteiger partial charge in [-0.2, -0.15) is 0 Å². The molecule has 0 spiro atoms. The molecule has 1 unspecified atom stereocenters. The summed E-state index contributed by atoms with van der Waals surface area (Å²) in [6.07, 6.45) is -0.819. The van der Waals surface area contributed by atoms with Crippen LogP contribution in [0.1, 0.15) is 17.5 Å². The van der Waals surface area contributed by atoms with Crippen molar-refractivity contribution < 1.29 is 19.1 Å². The Morgan fingerprint density at radius 3 is 2.56 bits per heavy atom. The van der Waals surface area contributed by atoms with Gasteiger partial charge in [-0.05, 0) is 23.6 Å². The summed E-state index contributed by atoms with van der Waals surface area (Å²) in [6.45, 7) is 0.651. The highest BCUT2D eigenvalue weighted by molar-refractivity contribution is 9.09. The van der Waals surface area contributed by atoms with Crippen molar-refractivity contribution in [1.29, 1.82) is 0 Å². The number of benzene rings is 2. The molecule has 2 aromatic carbocycles. The number of alkyl halides is 1. The topological polar surface area (TPSA) is 59.1 Å². The van der Waals surface area contributed by atoms with Crippen molar-refractivity contribution in [2.75, 3.05) is 18.6 Å². The van der Waals surface area contributed by atoms with E-state index in [4.69, 9.17) is 9.47 Å². The monoisotopic (exact) mass is 430 g/mol. The van der Waals surface area contributed by atoms with Crippen LogP contribution in [0.4, 0.5) is 15.3 Å². The molecule has 0 saturated carbocycles. The summed E-state index contributed by atoms with van der Waals surface area (Å²) in [5.74, 6) is 0. The van der Waals surface area contributed by atoms with Crippen molar-refractivity contribution in [3.63, 3.8) is 0 Å². The molecule has 2 aromatic rings. The lowest BCUT2D eigenvalue weighted by atomic mass is 9.98. The minimum absolute atomic E-state index is 0.165. The first kappa shape index (κ1) is 17.9. The number of likely N-dealkylation sites (tertiary alicyclic amines) is 1. The Bertz CT molecular complexity index is 875. The number of para-hydroxylation sites is 1. The highest BCUT2D eigenvalue weighted by atomic mass is 79.9. The first-order valence-electron chi connectivity index (χ1n) is 8.69. The zero-order valence-corrected chi connectivity index (χ0v) is 16.4. The van der Waals surface area contributed by atoms with Gasteiger partial charge in [-0.25, -0.2) is 9.59 Å². The predicted molar refractivity (Wildman–Crippen MR) is 104 cm³/mol. The molecule has 7 heteroatoms. The Morgan fingerprint density at radius 1 is 1.11 bits per heavy atom. The number of rotatable bonds is 2. The molecular weight excluding hydrogens is 412 g/mol. The second-order valence-corrected chi connectivity index (χ2v) is 7.99. The Kier molecular flexibility index (Phi) is 4.55. The summed E-state index contributed by atoms with van der Waals surface area (Å²) >= 11 is 3.82. The fourth-order valence-electron chi connectivity index (χ4n) is 3.86. The number of halogens is 1. The number of carbonyl (C=O) groups is 2. The SMILES string of the molecule is COC(=O)N1CC[C@]2(Br)c3ccccc3N(C(=O)OCc3ccccc3)C12. The van der Waals surface area contributed by atoms with Gasteiger partial charge in [0.2, 0.25) is 0 Å². The number of fused-ring (bicyclic) bond motifs is 3. The van der Waals surface area contributed by atoms with Crippen LogP contribution in [-0.4, -0.2) is 36.9 Å². The molecular formula is C20H19BrN2O4. The molecule has 2 amide bonds. The molecule has 27 heavy (non-hydrogen) atoms. The maximum Gasteiger partial charge on any atom is 0.416 e. The van der Waals surface area contributed by atoms with Crippen LogP contribution < -0.4 is 4.90 Å². The number of nitrogens with zero attached hydrogens (tertiary/aromatic N) is 2. The van der Waals surface area contributed by atoms with Gasteiger partial charge >= 0.3 is 12.2 Å². The van der Waals surface area contributed by atoms with Crippen LogP contribution in [0.5, 0.6) is 0 Å². The Morgan fingerprint density at radius 2 is 1.81 bits per heavy atom. The quantitative estimate of drug-likeness (QED) is 0.668. The highest BCUT2D eigenvalue weighted by Crippen LogP contribution is 2.56. The van der Waals surface area contributed by atoms with Gasteiger partial charge < -0.3 is 9.47 Å². The van der Waals surface area contributed by atoms with Gasteiger partial charge in [-0.3, -0.25) is 9.80 Å². The molecule has 0 aliphatic carbocycles. The van der Waals surface area contributed by atoms with Crippen molar-refractivity contribution in [1.82, 2.24) is 4.90 Å². The normalized spacial score (nSPS) is 23.0. The van der Waals surface area contributed by atoms with E-state index in [1.54, 1.807) is 9.80 Å². The maximum atomic E-state index is 13.0. The molecule has 2 aliphatic rings.